The van der Waals surface area contributed by atoms with E-state index in [2.05, 4.69) is 25.7 Å². The normalized spacial score (nSPS) is 24.6. The first-order valence-corrected chi connectivity index (χ1v) is 8.01. The minimum atomic E-state index is 0.0901. The van der Waals surface area contributed by atoms with Crippen LogP contribution in [0.15, 0.2) is 24.3 Å². The standard InChI is InChI=1S/C18H27NO2/c1-5-18(19-11-13(2)10-14(3)12-19)21-17-8-6-16(7-9-17)15(4)20/h6-9,13-14,18H,5,10-12H2,1-4H3/t13-,14-,18?/m1/s1. The van der Waals surface area contributed by atoms with E-state index in [-0.39, 0.29) is 12.0 Å². The van der Waals surface area contributed by atoms with Crippen molar-refractivity contribution in [3.8, 4) is 5.75 Å². The van der Waals surface area contributed by atoms with Gasteiger partial charge in [0.2, 0.25) is 0 Å². The Morgan fingerprint density at radius 3 is 2.29 bits per heavy atom. The summed E-state index contributed by atoms with van der Waals surface area (Å²) in [4.78, 5) is 13.8. The monoisotopic (exact) mass is 289 g/mol. The topological polar surface area (TPSA) is 29.5 Å². The molecule has 1 saturated heterocycles. The first kappa shape index (κ1) is 16.0. The van der Waals surface area contributed by atoms with Gasteiger partial charge in [-0.1, -0.05) is 20.8 Å². The second-order valence-electron chi connectivity index (χ2n) is 6.46. The fourth-order valence-corrected chi connectivity index (χ4v) is 3.29. The second kappa shape index (κ2) is 7.08. The Morgan fingerprint density at radius 1 is 1.24 bits per heavy atom. The molecule has 1 aromatic rings. The summed E-state index contributed by atoms with van der Waals surface area (Å²) >= 11 is 0. The Balaban J connectivity index is 2.02. The zero-order valence-corrected chi connectivity index (χ0v) is 13.6. The average molecular weight is 289 g/mol. The minimum Gasteiger partial charge on any atom is -0.475 e. The van der Waals surface area contributed by atoms with Crippen molar-refractivity contribution in [2.75, 3.05) is 13.1 Å². The molecule has 1 fully saturated rings. The van der Waals surface area contributed by atoms with E-state index in [0.717, 1.165) is 42.7 Å². The molecule has 1 aliphatic heterocycles. The van der Waals surface area contributed by atoms with E-state index < -0.39 is 0 Å². The molecule has 1 heterocycles. The van der Waals surface area contributed by atoms with Crippen molar-refractivity contribution in [2.45, 2.75) is 46.8 Å². The summed E-state index contributed by atoms with van der Waals surface area (Å²) in [5.74, 6) is 2.39. The maximum Gasteiger partial charge on any atom is 0.159 e. The lowest BCUT2D eigenvalue weighted by molar-refractivity contribution is -0.0174. The number of Topliss-reactive ketones (excluding diaryl/α,β-unsaturated/α-hetero) is 1. The molecule has 1 aliphatic rings. The molecule has 0 aliphatic carbocycles. The molecule has 21 heavy (non-hydrogen) atoms. The molecule has 0 N–H and O–H groups in total. The highest BCUT2D eigenvalue weighted by Gasteiger charge is 2.27. The first-order chi connectivity index (χ1) is 9.99. The summed E-state index contributed by atoms with van der Waals surface area (Å²) in [7, 11) is 0. The summed E-state index contributed by atoms with van der Waals surface area (Å²) in [5.41, 5.74) is 0.732. The van der Waals surface area contributed by atoms with E-state index >= 15 is 0 Å². The van der Waals surface area contributed by atoms with E-state index in [9.17, 15) is 4.79 Å². The first-order valence-electron chi connectivity index (χ1n) is 8.01. The molecular weight excluding hydrogens is 262 g/mol. The number of nitrogens with zero attached hydrogens (tertiary/aromatic N) is 1. The number of benzene rings is 1. The molecule has 3 nitrogen and oxygen atoms in total. The third-order valence-corrected chi connectivity index (χ3v) is 4.19. The predicted molar refractivity (Wildman–Crippen MR) is 85.7 cm³/mol. The van der Waals surface area contributed by atoms with Crippen LogP contribution in [0.1, 0.15) is 50.9 Å². The SMILES string of the molecule is CCC(Oc1ccc(C(C)=O)cc1)N1C[C@H](C)C[C@@H](C)C1. The zero-order valence-electron chi connectivity index (χ0n) is 13.6. The van der Waals surface area contributed by atoms with Gasteiger partial charge in [0.25, 0.3) is 0 Å². The molecule has 0 amide bonds. The molecule has 2 rings (SSSR count). The van der Waals surface area contributed by atoms with Gasteiger partial charge in [-0.05, 0) is 55.9 Å². The highest BCUT2D eigenvalue weighted by atomic mass is 16.5. The van der Waals surface area contributed by atoms with Crippen molar-refractivity contribution in [1.82, 2.24) is 4.90 Å². The van der Waals surface area contributed by atoms with E-state index in [0.29, 0.717) is 0 Å². The molecule has 1 aromatic carbocycles. The van der Waals surface area contributed by atoms with Crippen LogP contribution >= 0.6 is 0 Å². The summed E-state index contributed by atoms with van der Waals surface area (Å²) in [6.07, 6.45) is 2.40. The van der Waals surface area contributed by atoms with Crippen LogP contribution in [0.4, 0.5) is 0 Å². The molecule has 3 heteroatoms. The average Bonchev–Trinajstić information content (AvgIpc) is 2.44. The molecule has 0 radical (unpaired) electrons. The Hall–Kier alpha value is -1.35. The third-order valence-electron chi connectivity index (χ3n) is 4.19. The summed E-state index contributed by atoms with van der Waals surface area (Å²) in [6, 6.07) is 7.48. The quantitative estimate of drug-likeness (QED) is 0.768. The van der Waals surface area contributed by atoms with Gasteiger partial charge in [-0.25, -0.2) is 0 Å². The lowest BCUT2D eigenvalue weighted by Crippen LogP contribution is -2.47. The zero-order chi connectivity index (χ0) is 15.4. The summed E-state index contributed by atoms with van der Waals surface area (Å²) < 4.78 is 6.15. The number of piperidine rings is 1. The molecule has 0 saturated carbocycles. The molecule has 3 atom stereocenters. The maximum atomic E-state index is 11.3. The number of hydrogen-bond donors (Lipinski definition) is 0. The van der Waals surface area contributed by atoms with Crippen molar-refractivity contribution < 1.29 is 9.53 Å². The van der Waals surface area contributed by atoms with Crippen LogP contribution in [0.3, 0.4) is 0 Å². The molecule has 0 aromatic heterocycles. The maximum absolute atomic E-state index is 11.3. The van der Waals surface area contributed by atoms with Gasteiger partial charge < -0.3 is 4.74 Å². The van der Waals surface area contributed by atoms with Gasteiger partial charge in [0.05, 0.1) is 0 Å². The molecule has 1 unspecified atom stereocenters. The predicted octanol–water partition coefficient (Wildman–Crippen LogP) is 3.98. The summed E-state index contributed by atoms with van der Waals surface area (Å²) in [6.45, 7) is 10.6. The van der Waals surface area contributed by atoms with Gasteiger partial charge in [0, 0.05) is 18.7 Å². The number of likely N-dealkylation sites (tertiary alicyclic amines) is 1. The van der Waals surface area contributed by atoms with Crippen LogP contribution in [0.25, 0.3) is 0 Å². The number of ketones is 1. The van der Waals surface area contributed by atoms with Crippen molar-refractivity contribution in [3.63, 3.8) is 0 Å². The van der Waals surface area contributed by atoms with Gasteiger partial charge in [-0.3, -0.25) is 9.69 Å². The van der Waals surface area contributed by atoms with E-state index in [1.807, 2.05) is 24.3 Å². The van der Waals surface area contributed by atoms with Crippen molar-refractivity contribution >= 4 is 5.78 Å². The molecule has 0 spiro atoms. The Kier molecular flexibility index (Phi) is 5.40. The minimum absolute atomic E-state index is 0.0901. The Labute approximate surface area is 128 Å². The van der Waals surface area contributed by atoms with Gasteiger partial charge in [-0.2, -0.15) is 0 Å². The number of hydrogen-bond acceptors (Lipinski definition) is 3. The van der Waals surface area contributed by atoms with Crippen LogP contribution in [-0.2, 0) is 0 Å². The van der Waals surface area contributed by atoms with E-state index in [4.69, 9.17) is 4.74 Å². The number of carbonyl (C=O) groups excluding carboxylic acids is 1. The lowest BCUT2D eigenvalue weighted by atomic mass is 9.91. The highest BCUT2D eigenvalue weighted by molar-refractivity contribution is 5.94. The van der Waals surface area contributed by atoms with Crippen LogP contribution in [0.2, 0.25) is 0 Å². The lowest BCUT2D eigenvalue weighted by Gasteiger charge is -2.39. The van der Waals surface area contributed by atoms with Crippen LogP contribution in [-0.4, -0.2) is 30.0 Å². The smallest absolute Gasteiger partial charge is 0.159 e. The van der Waals surface area contributed by atoms with E-state index in [1.165, 1.54) is 6.42 Å². The Bertz CT molecular complexity index is 459. The van der Waals surface area contributed by atoms with E-state index in [1.54, 1.807) is 6.92 Å². The number of carbonyl (C=O) groups is 1. The van der Waals surface area contributed by atoms with Crippen LogP contribution in [0.5, 0.6) is 5.75 Å². The Morgan fingerprint density at radius 2 is 1.81 bits per heavy atom. The molecular formula is C18H27NO2. The largest absolute Gasteiger partial charge is 0.475 e. The molecule has 116 valence electrons. The van der Waals surface area contributed by atoms with Gasteiger partial charge in [0.15, 0.2) is 12.0 Å². The van der Waals surface area contributed by atoms with Crippen LogP contribution in [0, 0.1) is 11.8 Å². The summed E-state index contributed by atoms with van der Waals surface area (Å²) in [5, 5.41) is 0. The second-order valence-corrected chi connectivity index (χ2v) is 6.46. The van der Waals surface area contributed by atoms with Crippen LogP contribution < -0.4 is 4.74 Å². The number of ether oxygens (including phenoxy) is 1. The van der Waals surface area contributed by atoms with Gasteiger partial charge in [0.1, 0.15) is 5.75 Å². The van der Waals surface area contributed by atoms with Gasteiger partial charge >= 0.3 is 0 Å². The van der Waals surface area contributed by atoms with Crippen molar-refractivity contribution in [1.29, 1.82) is 0 Å². The van der Waals surface area contributed by atoms with Gasteiger partial charge in [-0.15, -0.1) is 0 Å². The number of rotatable bonds is 5. The fraction of sp³-hybridized carbons (Fsp3) is 0.611. The highest BCUT2D eigenvalue weighted by Crippen LogP contribution is 2.25. The van der Waals surface area contributed by atoms with Crippen molar-refractivity contribution in [2.24, 2.45) is 11.8 Å². The third kappa shape index (κ3) is 4.31. The fourth-order valence-electron chi connectivity index (χ4n) is 3.29. The van der Waals surface area contributed by atoms with Crippen molar-refractivity contribution in [3.05, 3.63) is 29.8 Å². The molecule has 0 bridgehead atoms.